The molecule has 17 heavy (non-hydrogen) atoms. The zero-order valence-electron chi connectivity index (χ0n) is 9.99. The highest BCUT2D eigenvalue weighted by molar-refractivity contribution is 5.30. The van der Waals surface area contributed by atoms with Gasteiger partial charge in [0.15, 0.2) is 0 Å². The zero-order valence-corrected chi connectivity index (χ0v) is 9.99. The number of benzene rings is 1. The molecule has 0 saturated carbocycles. The van der Waals surface area contributed by atoms with Gasteiger partial charge in [-0.2, -0.15) is 0 Å². The number of rotatable bonds is 4. The number of nitrogens with two attached hydrogens (primary N) is 1. The van der Waals surface area contributed by atoms with E-state index in [-0.39, 0.29) is 18.0 Å². The van der Waals surface area contributed by atoms with Gasteiger partial charge in [0.1, 0.15) is 17.7 Å². The van der Waals surface area contributed by atoms with Crippen LogP contribution in [0.1, 0.15) is 18.9 Å². The summed E-state index contributed by atoms with van der Waals surface area (Å²) in [6, 6.07) is 4.77. The monoisotopic (exact) mass is 239 g/mol. The minimum atomic E-state index is -0.280. The van der Waals surface area contributed by atoms with Crippen molar-refractivity contribution in [2.45, 2.75) is 31.9 Å². The van der Waals surface area contributed by atoms with Gasteiger partial charge < -0.3 is 15.2 Å². The molecule has 1 aliphatic rings. The first kappa shape index (κ1) is 12.3. The Bertz CT molecular complexity index is 376. The van der Waals surface area contributed by atoms with E-state index in [1.807, 2.05) is 13.0 Å². The van der Waals surface area contributed by atoms with Crippen LogP contribution in [0.3, 0.4) is 0 Å². The quantitative estimate of drug-likeness (QED) is 0.872. The van der Waals surface area contributed by atoms with Crippen molar-refractivity contribution in [2.24, 2.45) is 5.73 Å². The summed E-state index contributed by atoms with van der Waals surface area (Å²) < 4.78 is 24.3. The lowest BCUT2D eigenvalue weighted by Crippen LogP contribution is -2.18. The maximum absolute atomic E-state index is 13.4. The molecule has 4 heteroatoms. The molecule has 2 atom stereocenters. The van der Waals surface area contributed by atoms with E-state index in [1.54, 1.807) is 0 Å². The molecule has 2 rings (SSSR count). The van der Waals surface area contributed by atoms with Gasteiger partial charge in [0, 0.05) is 18.5 Å². The molecule has 1 aromatic carbocycles. The fraction of sp³-hybridized carbons (Fsp3) is 0.538. The second kappa shape index (κ2) is 5.47. The van der Waals surface area contributed by atoms with Crippen LogP contribution in [-0.4, -0.2) is 25.4 Å². The van der Waals surface area contributed by atoms with Crippen molar-refractivity contribution in [2.75, 3.05) is 13.2 Å². The van der Waals surface area contributed by atoms with E-state index in [1.165, 1.54) is 12.1 Å². The van der Waals surface area contributed by atoms with Gasteiger partial charge in [0.25, 0.3) is 0 Å². The molecular formula is C13H18FNO2. The van der Waals surface area contributed by atoms with Gasteiger partial charge in [0.2, 0.25) is 0 Å². The van der Waals surface area contributed by atoms with Crippen LogP contribution in [0.4, 0.5) is 4.39 Å². The molecule has 1 aromatic rings. The van der Waals surface area contributed by atoms with Crippen LogP contribution < -0.4 is 10.5 Å². The molecule has 1 heterocycles. The summed E-state index contributed by atoms with van der Waals surface area (Å²) in [4.78, 5) is 0. The van der Waals surface area contributed by atoms with Crippen molar-refractivity contribution in [3.8, 4) is 5.75 Å². The molecule has 3 nitrogen and oxygen atoms in total. The highest BCUT2D eigenvalue weighted by Crippen LogP contribution is 2.21. The van der Waals surface area contributed by atoms with Crippen molar-refractivity contribution in [1.29, 1.82) is 0 Å². The third kappa shape index (κ3) is 3.68. The van der Waals surface area contributed by atoms with E-state index in [4.69, 9.17) is 15.2 Å². The number of halogens is 1. The summed E-state index contributed by atoms with van der Waals surface area (Å²) in [5.74, 6) is 0.285. The van der Waals surface area contributed by atoms with Gasteiger partial charge in [-0.05, 0) is 31.0 Å². The number of hydrogen-bond donors (Lipinski definition) is 1. The van der Waals surface area contributed by atoms with E-state index in [0.717, 1.165) is 12.0 Å². The Morgan fingerprint density at radius 3 is 3.00 bits per heavy atom. The normalized spacial score (nSPS) is 21.5. The third-order valence-electron chi connectivity index (χ3n) is 2.68. The lowest BCUT2D eigenvalue weighted by Gasteiger charge is -2.13. The second-order valence-corrected chi connectivity index (χ2v) is 4.58. The van der Waals surface area contributed by atoms with Gasteiger partial charge in [-0.3, -0.25) is 0 Å². The van der Waals surface area contributed by atoms with Crippen molar-refractivity contribution >= 4 is 0 Å². The minimum Gasteiger partial charge on any atom is -0.488 e. The first-order chi connectivity index (χ1) is 8.13. The van der Waals surface area contributed by atoms with Crippen LogP contribution in [-0.2, 0) is 11.2 Å². The van der Waals surface area contributed by atoms with Crippen LogP contribution in [0.15, 0.2) is 18.2 Å². The van der Waals surface area contributed by atoms with Gasteiger partial charge in [-0.15, -0.1) is 0 Å². The molecule has 2 N–H and O–H groups in total. The lowest BCUT2D eigenvalue weighted by atomic mass is 10.1. The van der Waals surface area contributed by atoms with E-state index in [0.29, 0.717) is 25.4 Å². The first-order valence-corrected chi connectivity index (χ1v) is 5.93. The predicted molar refractivity (Wildman–Crippen MR) is 63.6 cm³/mol. The smallest absolute Gasteiger partial charge is 0.127 e. The summed E-state index contributed by atoms with van der Waals surface area (Å²) in [6.07, 6.45) is 1.55. The molecule has 0 radical (unpaired) electrons. The molecule has 94 valence electrons. The van der Waals surface area contributed by atoms with Gasteiger partial charge in [-0.1, -0.05) is 0 Å². The predicted octanol–water partition coefficient (Wildman–Crippen LogP) is 1.88. The van der Waals surface area contributed by atoms with E-state index in [2.05, 4.69) is 0 Å². The lowest BCUT2D eigenvalue weighted by molar-refractivity contribution is 0.141. The van der Waals surface area contributed by atoms with Crippen LogP contribution in [0.25, 0.3) is 0 Å². The largest absolute Gasteiger partial charge is 0.488 e. The van der Waals surface area contributed by atoms with Crippen LogP contribution >= 0.6 is 0 Å². The SMILES string of the molecule is CC(N)Cc1cc(F)cc(OC2CCOC2)c1. The van der Waals surface area contributed by atoms with Gasteiger partial charge >= 0.3 is 0 Å². The summed E-state index contributed by atoms with van der Waals surface area (Å²) in [7, 11) is 0. The van der Waals surface area contributed by atoms with E-state index < -0.39 is 0 Å². The standard InChI is InChI=1S/C13H18FNO2/c1-9(15)4-10-5-11(14)7-13(6-10)17-12-2-3-16-8-12/h5-7,9,12H,2-4,8,15H2,1H3. The van der Waals surface area contributed by atoms with E-state index >= 15 is 0 Å². The highest BCUT2D eigenvalue weighted by atomic mass is 19.1. The zero-order chi connectivity index (χ0) is 12.3. The third-order valence-corrected chi connectivity index (χ3v) is 2.68. The summed E-state index contributed by atoms with van der Waals surface area (Å²) in [5, 5.41) is 0. The molecule has 2 unspecified atom stereocenters. The van der Waals surface area contributed by atoms with Gasteiger partial charge in [-0.25, -0.2) is 4.39 Å². The van der Waals surface area contributed by atoms with Crippen molar-refractivity contribution < 1.29 is 13.9 Å². The summed E-state index contributed by atoms with van der Waals surface area (Å²) in [5.41, 5.74) is 6.57. The van der Waals surface area contributed by atoms with Crippen molar-refractivity contribution in [1.82, 2.24) is 0 Å². The van der Waals surface area contributed by atoms with Crippen molar-refractivity contribution in [3.05, 3.63) is 29.6 Å². The first-order valence-electron chi connectivity index (χ1n) is 5.93. The number of ether oxygens (including phenoxy) is 2. The average Bonchev–Trinajstić information content (AvgIpc) is 2.67. The maximum Gasteiger partial charge on any atom is 0.127 e. The Morgan fingerprint density at radius 2 is 2.35 bits per heavy atom. The molecule has 0 bridgehead atoms. The van der Waals surface area contributed by atoms with Crippen LogP contribution in [0, 0.1) is 5.82 Å². The highest BCUT2D eigenvalue weighted by Gasteiger charge is 2.17. The number of hydrogen-bond acceptors (Lipinski definition) is 3. The summed E-state index contributed by atoms with van der Waals surface area (Å²) in [6.45, 7) is 3.20. The minimum absolute atomic E-state index is 0.0134. The molecule has 0 aliphatic carbocycles. The molecule has 1 aliphatic heterocycles. The Balaban J connectivity index is 2.07. The molecule has 0 spiro atoms. The Morgan fingerprint density at radius 1 is 1.53 bits per heavy atom. The molecule has 0 aromatic heterocycles. The molecule has 0 amide bonds. The molecule has 1 fully saturated rings. The van der Waals surface area contributed by atoms with Crippen LogP contribution in [0.5, 0.6) is 5.75 Å². The Hall–Kier alpha value is -1.13. The Kier molecular flexibility index (Phi) is 3.97. The fourth-order valence-corrected chi connectivity index (χ4v) is 1.98. The van der Waals surface area contributed by atoms with Gasteiger partial charge in [0.05, 0.1) is 13.2 Å². The second-order valence-electron chi connectivity index (χ2n) is 4.58. The Labute approximate surface area is 101 Å². The fourth-order valence-electron chi connectivity index (χ4n) is 1.98. The molecule has 1 saturated heterocycles. The topological polar surface area (TPSA) is 44.5 Å². The maximum atomic E-state index is 13.4. The van der Waals surface area contributed by atoms with E-state index in [9.17, 15) is 4.39 Å². The van der Waals surface area contributed by atoms with Crippen LogP contribution in [0.2, 0.25) is 0 Å². The van der Waals surface area contributed by atoms with Crippen molar-refractivity contribution in [3.63, 3.8) is 0 Å². The molecular weight excluding hydrogens is 221 g/mol. The summed E-state index contributed by atoms with van der Waals surface area (Å²) >= 11 is 0. The average molecular weight is 239 g/mol.